The summed E-state index contributed by atoms with van der Waals surface area (Å²) < 4.78 is 121. The standard InChI is InChI=1S/C25H23ClN6O3S.C24H22ClN5O4S2.C23H23ClN4O3S2.C22H26FN3O3S.C5H7N3.7H2/c26-22-9-10-23(21-4-2-1-3-20(21)22)29-25(33)32-15-13-31(14-16-32)18-5-7-19(8-6-18)36(34,35)30-24-11-12-27-17-28-24;1-16(29-10-8-17-2-3-18(25)14-21(17)29)23(32)28-11-12-30(22(31)15-28)19-4-6-20(7-5-19)36(33,34)27-24-26-9-13-35-24;1-15-13-18(33(30,31)26-23-25-9-12-32-23)5-7-19(15)28-11-8-21(22(28)29)27-10-2-3-16-14-17(24)4-6-20(16)27;1-16(26-10-2-3-17-15-18(23)4-9-21(17)26)22(27)25-13-11-24(12-14-25)19-5-7-20(8-6-19)30(28)29;1-4-2-5(6)8-3-7-4;;;;;;;/h1-12,17H,13-16H2,(H,29,33)(H,27,28,30);2-10,13-14,16H,11-12,15H2,1H3,(H,26,27);4-7,9,12-14,21H,2-3,8,10-11H2,1H3,(H,25,26);4-9,15-16H,2-3,10-14H2,1H3,(H,28,29);2-3H,1H3,(H2,6,7,8);7*1H/p-1/t;16-;21-;16-;;;;;;;;/m.001......../s1. The first-order valence-electron chi connectivity index (χ1n) is 45.7. The van der Waals surface area contributed by atoms with E-state index < -0.39 is 47.2 Å². The highest BCUT2D eigenvalue weighted by molar-refractivity contribution is 7.93. The Morgan fingerprint density at radius 1 is 0.538 bits per heavy atom. The van der Waals surface area contributed by atoms with Crippen LogP contribution in [0.2, 0.25) is 15.1 Å². The highest BCUT2D eigenvalue weighted by Crippen LogP contribution is 2.39. The molecular weight excluding hydrogens is 2010 g/mol. The molecule has 0 saturated carbocycles. The number of anilines is 11. The summed E-state index contributed by atoms with van der Waals surface area (Å²) in [6.45, 7) is 15.2. The largest absolute Gasteiger partial charge is 0.768 e. The highest BCUT2D eigenvalue weighted by atomic mass is 35.5. The van der Waals surface area contributed by atoms with Crippen LogP contribution in [0.5, 0.6) is 0 Å². The third-order valence-corrected chi connectivity index (χ3v) is 32.3. The second-order valence-electron chi connectivity index (χ2n) is 34.2. The van der Waals surface area contributed by atoms with Gasteiger partial charge in [0.15, 0.2) is 10.3 Å². The SMILES string of the molecule is C[C@@H](C(=O)N1CCN(c2ccc(S(=O)(=O)Nc3nccs3)cc2)C(=O)C1)n1ccc2ccc(Cl)cc21.C[C@H](C(=O)N1CCN(c2ccc(S(=O)[O-])cc2)CC1)N1CCCc2cc(F)ccc21.Cc1cc(N)ncn1.Cc1cc(S(=O)(=O)Nc2nccs2)ccc1N1CC[C@H](N2CCCc3cc(Cl)ccc32)C1=O.O=C(Nc1ccc(Cl)c2ccccc12)N1CCN(c2ccc(S(=O)(=O)Nc3ccncn3)cc2)CC1.[HH].[HH].[HH].[HH].[HH].[HH].[HH]. The van der Waals surface area contributed by atoms with Crippen LogP contribution in [0, 0.1) is 19.7 Å². The maximum Gasteiger partial charge on any atom is 0.321 e. The molecule has 4 saturated heterocycles. The number of thiazole rings is 2. The van der Waals surface area contributed by atoms with Crippen LogP contribution >= 0.6 is 57.5 Å². The minimum Gasteiger partial charge on any atom is -0.768 e. The number of carbonyl (C=O) groups is 5. The Hall–Kier alpha value is -13.5. The van der Waals surface area contributed by atoms with E-state index >= 15 is 0 Å². The zero-order chi connectivity index (χ0) is 101. The van der Waals surface area contributed by atoms with Crippen molar-refractivity contribution in [2.75, 3.05) is 146 Å². The van der Waals surface area contributed by atoms with E-state index in [0.29, 0.717) is 110 Å². The summed E-state index contributed by atoms with van der Waals surface area (Å²) in [6, 6.07) is 55.8. The van der Waals surface area contributed by atoms with Gasteiger partial charge in [0.1, 0.15) is 54.8 Å². The normalized spacial score (nSPS) is 16.1. The fourth-order valence-corrected chi connectivity index (χ4v) is 23.4. The number of nitrogens with zero attached hydrogens (tertiary/aromatic N) is 16. The van der Waals surface area contributed by atoms with Gasteiger partial charge in [-0.05, 0) is 257 Å². The molecule has 44 heteroatoms. The van der Waals surface area contributed by atoms with E-state index in [9.17, 15) is 62.4 Å². The second-order valence-corrected chi connectivity index (χ2v) is 43.3. The topological polar surface area (TPSA) is 413 Å². The van der Waals surface area contributed by atoms with Crippen LogP contribution in [0.3, 0.4) is 0 Å². The minimum absolute atomic E-state index is 0. The number of aromatic nitrogens is 7. The molecule has 1 unspecified atom stereocenters. The molecule has 0 radical (unpaired) electrons. The molecular formula is C99H114Cl3FN21O13S6-. The summed E-state index contributed by atoms with van der Waals surface area (Å²) >= 11 is 18.8. The number of benzene rings is 9. The van der Waals surface area contributed by atoms with Crippen LogP contribution in [0.15, 0.2) is 268 Å². The molecule has 6 aliphatic heterocycles. The molecule has 14 aromatic rings. The first kappa shape index (κ1) is 102. The van der Waals surface area contributed by atoms with Crippen molar-refractivity contribution in [2.45, 2.75) is 97.5 Å². The lowest BCUT2D eigenvalue weighted by atomic mass is 9.99. The lowest BCUT2D eigenvalue weighted by Crippen LogP contribution is -2.55. The maximum absolute atomic E-state index is 13.6. The van der Waals surface area contributed by atoms with E-state index in [1.165, 1.54) is 83.6 Å². The van der Waals surface area contributed by atoms with Crippen LogP contribution in [0.4, 0.5) is 70.9 Å². The molecule has 11 heterocycles. The van der Waals surface area contributed by atoms with Gasteiger partial charge in [-0.25, -0.2) is 64.3 Å². The lowest BCUT2D eigenvalue weighted by Gasteiger charge is -2.41. The minimum atomic E-state index is -3.78. The number of nitrogens with one attached hydrogen (secondary N) is 4. The van der Waals surface area contributed by atoms with Gasteiger partial charge in [-0.1, -0.05) is 65.1 Å². The van der Waals surface area contributed by atoms with Gasteiger partial charge in [0.25, 0.3) is 30.1 Å². The van der Waals surface area contributed by atoms with Crippen molar-refractivity contribution >= 4 is 212 Å². The first-order chi connectivity index (χ1) is 68.7. The van der Waals surface area contributed by atoms with Crippen molar-refractivity contribution in [3.63, 3.8) is 0 Å². The van der Waals surface area contributed by atoms with Gasteiger partial charge in [0.2, 0.25) is 23.6 Å². The van der Waals surface area contributed by atoms with Crippen LogP contribution in [-0.4, -0.2) is 217 Å². The summed E-state index contributed by atoms with van der Waals surface area (Å²) in [5.41, 5.74) is 15.8. The molecule has 0 spiro atoms. The van der Waals surface area contributed by atoms with Gasteiger partial charge in [0, 0.05) is 207 Å². The number of halogens is 4. The molecule has 20 rings (SSSR count). The quantitative estimate of drug-likeness (QED) is 0.0442. The van der Waals surface area contributed by atoms with Gasteiger partial charge >= 0.3 is 6.03 Å². The molecule has 6 amide bonds. The van der Waals surface area contributed by atoms with Crippen LogP contribution in [0.25, 0.3) is 21.7 Å². The first-order valence-corrected chi connectivity index (χ1v) is 54.1. The number of piperazine rings is 3. The number of rotatable bonds is 20. The highest BCUT2D eigenvalue weighted by Gasteiger charge is 2.40. The summed E-state index contributed by atoms with van der Waals surface area (Å²) in [6.07, 6.45) is 13.5. The number of hydrogen-bond donors (Lipinski definition) is 5. The van der Waals surface area contributed by atoms with Gasteiger partial charge in [-0.2, -0.15) is 0 Å². The lowest BCUT2D eigenvalue weighted by molar-refractivity contribution is -0.139. The number of nitrogen functional groups attached to an aromatic ring is 1. The predicted octanol–water partition coefficient (Wildman–Crippen LogP) is 17.5. The molecule has 9 aromatic carbocycles. The van der Waals surface area contributed by atoms with E-state index in [1.807, 2.05) is 103 Å². The monoisotopic (exact) mass is 2120 g/mol. The number of hydrogen-bond acceptors (Lipinski definition) is 26. The number of amides is 6. The zero-order valence-corrected chi connectivity index (χ0v) is 85.0. The molecule has 6 N–H and O–H groups in total. The van der Waals surface area contributed by atoms with Crippen molar-refractivity contribution in [1.29, 1.82) is 0 Å². The summed E-state index contributed by atoms with van der Waals surface area (Å²) in [5, 5.41) is 11.7. The Balaban J connectivity index is 0.000000213. The molecule has 4 fully saturated rings. The molecule has 4 atom stereocenters. The van der Waals surface area contributed by atoms with Gasteiger partial charge < -0.3 is 64.3 Å². The van der Waals surface area contributed by atoms with Crippen molar-refractivity contribution in [3.05, 3.63) is 292 Å². The zero-order valence-electron chi connectivity index (χ0n) is 77.8. The van der Waals surface area contributed by atoms with Crippen molar-refractivity contribution in [1.82, 2.24) is 49.2 Å². The van der Waals surface area contributed by atoms with Gasteiger partial charge in [-0.3, -0.25) is 37.6 Å². The fraction of sp³-hybridized carbons (Fsp3) is 0.263. The van der Waals surface area contributed by atoms with E-state index in [2.05, 4.69) is 69.0 Å². The van der Waals surface area contributed by atoms with Crippen molar-refractivity contribution in [2.24, 2.45) is 0 Å². The third-order valence-electron chi connectivity index (χ3n) is 25.1. The number of urea groups is 1. The van der Waals surface area contributed by atoms with E-state index in [4.69, 9.17) is 40.5 Å². The van der Waals surface area contributed by atoms with Gasteiger partial charge in [0.05, 0.1) is 25.9 Å². The van der Waals surface area contributed by atoms with E-state index in [1.54, 1.807) is 147 Å². The molecule has 6 aliphatic rings. The molecule has 0 bridgehead atoms. The van der Waals surface area contributed by atoms with E-state index in [0.717, 1.165) is 111 Å². The third kappa shape index (κ3) is 24.7. The fourth-order valence-electron chi connectivity index (χ4n) is 17.8. The Kier molecular flexibility index (Phi) is 32.5. The van der Waals surface area contributed by atoms with E-state index in [-0.39, 0.29) is 94.6 Å². The summed E-state index contributed by atoms with van der Waals surface area (Å²) in [5.74, 6) is 0.225. The number of nitrogens with two attached hydrogens (primary N) is 1. The van der Waals surface area contributed by atoms with Gasteiger partial charge in [-0.15, -0.1) is 22.7 Å². The Morgan fingerprint density at radius 2 is 1.12 bits per heavy atom. The molecule has 0 aliphatic carbocycles. The second kappa shape index (κ2) is 45.4. The molecule has 34 nitrogen and oxygen atoms in total. The summed E-state index contributed by atoms with van der Waals surface area (Å²) in [4.78, 5) is 107. The smallest absolute Gasteiger partial charge is 0.321 e. The number of carbonyl (C=O) groups excluding carboxylic acids is 5. The van der Waals surface area contributed by atoms with Crippen LogP contribution in [0.1, 0.15) is 71.5 Å². The number of aryl methyl sites for hydroxylation is 4. The summed E-state index contributed by atoms with van der Waals surface area (Å²) in [7, 11) is -11.3. The average Bonchev–Trinajstić information content (AvgIpc) is 1.62. The van der Waals surface area contributed by atoms with Crippen molar-refractivity contribution < 1.29 is 72.4 Å². The number of sulfonamides is 3. The Bertz CT molecular complexity index is 7380. The molecule has 5 aromatic heterocycles. The number of fused-ring (bicyclic) bond motifs is 4. The van der Waals surface area contributed by atoms with Crippen LogP contribution in [-0.2, 0) is 73.2 Å². The Morgan fingerprint density at radius 3 is 1.73 bits per heavy atom. The average molecular weight is 2120 g/mol. The molecule has 143 heavy (non-hydrogen) atoms. The maximum atomic E-state index is 13.6. The van der Waals surface area contributed by atoms with Crippen LogP contribution < -0.4 is 54.6 Å². The molecule has 758 valence electrons. The predicted molar refractivity (Wildman–Crippen MR) is 573 cm³/mol. The van der Waals surface area contributed by atoms with Crippen molar-refractivity contribution in [3.8, 4) is 0 Å². The Labute approximate surface area is 862 Å².